The Morgan fingerprint density at radius 2 is 2.17 bits per heavy atom. The Morgan fingerprint density at radius 3 is 2.83 bits per heavy atom. The number of alkyl halides is 1. The van der Waals surface area contributed by atoms with E-state index in [1.54, 1.807) is 0 Å². The van der Waals surface area contributed by atoms with Crippen LogP contribution in [0.1, 0.15) is 18.4 Å². The smallest absolute Gasteiger partial charge is 0.0417 e. The summed E-state index contributed by atoms with van der Waals surface area (Å²) in [5.41, 5.74) is 2.76. The average molecular weight is 376 g/mol. The molecule has 1 unspecified atom stereocenters. The molecule has 1 aromatic carbocycles. The lowest BCUT2D eigenvalue weighted by atomic mass is 10.1. The molecule has 1 atom stereocenters. The second kappa shape index (κ2) is 6.40. The van der Waals surface area contributed by atoms with Crippen LogP contribution in [-0.2, 0) is 5.33 Å². The van der Waals surface area contributed by atoms with Crippen LogP contribution in [0.15, 0.2) is 22.7 Å². The van der Waals surface area contributed by atoms with Crippen LogP contribution in [0, 0.1) is 0 Å². The first-order chi connectivity index (χ1) is 8.61. The number of rotatable bonds is 4. The predicted molar refractivity (Wildman–Crippen MR) is 85.7 cm³/mol. The molecule has 0 radical (unpaired) electrons. The summed E-state index contributed by atoms with van der Waals surface area (Å²) in [6, 6.07) is 7.26. The maximum Gasteiger partial charge on any atom is 0.0417 e. The number of hydrogen-bond donors (Lipinski definition) is 0. The summed E-state index contributed by atoms with van der Waals surface area (Å²) in [5.74, 6) is 0. The third-order valence-electron chi connectivity index (χ3n) is 3.45. The molecular weight excluding hydrogens is 356 g/mol. The highest BCUT2D eigenvalue weighted by Gasteiger charge is 2.26. The van der Waals surface area contributed by atoms with E-state index in [1.165, 1.54) is 30.6 Å². The van der Waals surface area contributed by atoms with Gasteiger partial charge in [-0.25, -0.2) is 0 Å². The number of hydrogen-bond acceptors (Lipinski definition) is 2. The lowest BCUT2D eigenvalue weighted by molar-refractivity contribution is 0.372. The molecule has 1 aliphatic heterocycles. The molecule has 0 spiro atoms. The molecule has 1 aliphatic rings. The van der Waals surface area contributed by atoms with Crippen molar-refractivity contribution in [3.8, 4) is 0 Å². The van der Waals surface area contributed by atoms with Crippen LogP contribution in [0.5, 0.6) is 0 Å². The van der Waals surface area contributed by atoms with E-state index in [0.717, 1.165) is 16.3 Å². The number of nitrogens with zero attached hydrogens (tertiary/aromatic N) is 2. The topological polar surface area (TPSA) is 6.48 Å². The quantitative estimate of drug-likeness (QED) is 0.737. The first-order valence-corrected chi connectivity index (χ1v) is 8.29. The summed E-state index contributed by atoms with van der Waals surface area (Å²) in [6.45, 7) is 2.32. The fourth-order valence-electron chi connectivity index (χ4n) is 2.71. The molecule has 18 heavy (non-hydrogen) atoms. The van der Waals surface area contributed by atoms with E-state index >= 15 is 0 Å². The third kappa shape index (κ3) is 3.28. The third-order valence-corrected chi connectivity index (χ3v) is 4.55. The van der Waals surface area contributed by atoms with Crippen molar-refractivity contribution in [1.29, 1.82) is 0 Å². The first-order valence-electron chi connectivity index (χ1n) is 6.37. The van der Waals surface area contributed by atoms with Crippen molar-refractivity contribution in [2.75, 3.05) is 32.1 Å². The van der Waals surface area contributed by atoms with Gasteiger partial charge in [-0.15, -0.1) is 0 Å². The van der Waals surface area contributed by atoms with Crippen LogP contribution in [0.25, 0.3) is 0 Å². The van der Waals surface area contributed by atoms with Crippen molar-refractivity contribution in [2.24, 2.45) is 0 Å². The number of likely N-dealkylation sites (N-methyl/N-ethyl adjacent to an activating group) is 1. The Kier molecular flexibility index (Phi) is 5.10. The molecule has 1 aromatic rings. The highest BCUT2D eigenvalue weighted by Crippen LogP contribution is 2.32. The van der Waals surface area contributed by atoms with E-state index in [2.05, 4.69) is 74.0 Å². The Balaban J connectivity index is 2.24. The highest BCUT2D eigenvalue weighted by atomic mass is 79.9. The van der Waals surface area contributed by atoms with Gasteiger partial charge in [0.2, 0.25) is 0 Å². The molecule has 4 heteroatoms. The molecule has 100 valence electrons. The molecule has 0 bridgehead atoms. The zero-order valence-electron chi connectivity index (χ0n) is 11.0. The summed E-state index contributed by atoms with van der Waals surface area (Å²) in [6.07, 6.45) is 2.60. The van der Waals surface area contributed by atoms with Gasteiger partial charge in [0.05, 0.1) is 0 Å². The van der Waals surface area contributed by atoms with Crippen LogP contribution in [-0.4, -0.2) is 38.1 Å². The molecule has 2 rings (SSSR count). The Labute approximate surface area is 127 Å². The largest absolute Gasteiger partial charge is 0.367 e. The summed E-state index contributed by atoms with van der Waals surface area (Å²) < 4.78 is 1.16. The van der Waals surface area contributed by atoms with Gasteiger partial charge in [0.1, 0.15) is 0 Å². The normalized spacial score (nSPS) is 19.8. The van der Waals surface area contributed by atoms with Gasteiger partial charge in [-0.2, -0.15) is 0 Å². The van der Waals surface area contributed by atoms with Crippen LogP contribution in [0.3, 0.4) is 0 Å². The standard InChI is InChI=1S/C14H20Br2N2/c1-17(2)10-13-4-3-7-18(13)14-6-5-12(16)8-11(14)9-15/h5-6,8,13H,3-4,7,9-10H2,1-2H3. The van der Waals surface area contributed by atoms with Crippen molar-refractivity contribution >= 4 is 37.5 Å². The van der Waals surface area contributed by atoms with E-state index in [4.69, 9.17) is 0 Å². The SMILES string of the molecule is CN(C)CC1CCCN1c1ccc(Br)cc1CBr. The van der Waals surface area contributed by atoms with Gasteiger partial charge in [-0.05, 0) is 50.7 Å². The van der Waals surface area contributed by atoms with E-state index in [1.807, 2.05) is 0 Å². The summed E-state index contributed by atoms with van der Waals surface area (Å²) >= 11 is 7.16. The molecule has 0 saturated carbocycles. The van der Waals surface area contributed by atoms with Crippen molar-refractivity contribution in [3.05, 3.63) is 28.2 Å². The van der Waals surface area contributed by atoms with Crippen molar-refractivity contribution in [1.82, 2.24) is 4.90 Å². The van der Waals surface area contributed by atoms with Crippen molar-refractivity contribution in [3.63, 3.8) is 0 Å². The molecular formula is C14H20Br2N2. The van der Waals surface area contributed by atoms with Crippen LogP contribution >= 0.6 is 31.9 Å². The second-order valence-electron chi connectivity index (χ2n) is 5.16. The number of anilines is 1. The van der Waals surface area contributed by atoms with Crippen LogP contribution in [0.2, 0.25) is 0 Å². The van der Waals surface area contributed by atoms with Crippen molar-refractivity contribution in [2.45, 2.75) is 24.2 Å². The Hall–Kier alpha value is -0.0600. The second-order valence-corrected chi connectivity index (χ2v) is 6.63. The highest BCUT2D eigenvalue weighted by molar-refractivity contribution is 9.10. The molecule has 2 nitrogen and oxygen atoms in total. The fourth-order valence-corrected chi connectivity index (χ4v) is 3.56. The minimum atomic E-state index is 0.652. The monoisotopic (exact) mass is 374 g/mol. The minimum absolute atomic E-state index is 0.652. The van der Waals surface area contributed by atoms with Gasteiger partial charge < -0.3 is 9.80 Å². The summed E-state index contributed by atoms with van der Waals surface area (Å²) in [5, 5.41) is 0.910. The summed E-state index contributed by atoms with van der Waals surface area (Å²) in [7, 11) is 4.31. The maximum atomic E-state index is 3.60. The molecule has 1 fully saturated rings. The molecule has 1 saturated heterocycles. The zero-order chi connectivity index (χ0) is 13.1. The molecule has 0 aromatic heterocycles. The predicted octanol–water partition coefficient (Wildman–Crippen LogP) is 3.87. The fraction of sp³-hybridized carbons (Fsp3) is 0.571. The van der Waals surface area contributed by atoms with E-state index in [0.29, 0.717) is 6.04 Å². The molecule has 1 heterocycles. The number of benzene rings is 1. The maximum absolute atomic E-state index is 3.60. The van der Waals surface area contributed by atoms with Gasteiger partial charge in [0.15, 0.2) is 0 Å². The minimum Gasteiger partial charge on any atom is -0.367 e. The lowest BCUT2D eigenvalue weighted by Gasteiger charge is -2.30. The summed E-state index contributed by atoms with van der Waals surface area (Å²) in [4.78, 5) is 4.86. The van der Waals surface area contributed by atoms with Gasteiger partial charge >= 0.3 is 0 Å². The molecule has 0 amide bonds. The zero-order valence-corrected chi connectivity index (χ0v) is 14.2. The van der Waals surface area contributed by atoms with Gasteiger partial charge in [0, 0.05) is 34.6 Å². The van der Waals surface area contributed by atoms with E-state index in [9.17, 15) is 0 Å². The average Bonchev–Trinajstić information content (AvgIpc) is 2.76. The van der Waals surface area contributed by atoms with Gasteiger partial charge in [0.25, 0.3) is 0 Å². The molecule has 0 N–H and O–H groups in total. The first kappa shape index (κ1) is 14.4. The van der Waals surface area contributed by atoms with Crippen LogP contribution in [0.4, 0.5) is 5.69 Å². The number of halogens is 2. The van der Waals surface area contributed by atoms with Crippen molar-refractivity contribution < 1.29 is 0 Å². The Morgan fingerprint density at radius 1 is 1.39 bits per heavy atom. The van der Waals surface area contributed by atoms with Gasteiger partial charge in [-0.3, -0.25) is 0 Å². The van der Waals surface area contributed by atoms with E-state index in [-0.39, 0.29) is 0 Å². The molecule has 0 aliphatic carbocycles. The lowest BCUT2D eigenvalue weighted by Crippen LogP contribution is -2.37. The van der Waals surface area contributed by atoms with Crippen LogP contribution < -0.4 is 4.90 Å². The van der Waals surface area contributed by atoms with E-state index < -0.39 is 0 Å². The van der Waals surface area contributed by atoms with Gasteiger partial charge in [-0.1, -0.05) is 31.9 Å². The Bertz CT molecular complexity index is 407.